The Kier molecular flexibility index (Phi) is 6.49. The van der Waals surface area contributed by atoms with E-state index in [1.54, 1.807) is 12.1 Å². The topological polar surface area (TPSA) is 58.4 Å². The Morgan fingerprint density at radius 2 is 2.14 bits per heavy atom. The minimum absolute atomic E-state index is 0.0429. The van der Waals surface area contributed by atoms with Crippen molar-refractivity contribution in [1.29, 1.82) is 0 Å². The van der Waals surface area contributed by atoms with Gasteiger partial charge < -0.3 is 16.0 Å². The lowest BCUT2D eigenvalue weighted by Crippen LogP contribution is -2.36. The predicted octanol–water partition coefficient (Wildman–Crippen LogP) is 2.73. The van der Waals surface area contributed by atoms with Crippen LogP contribution in [0.4, 0.5) is 5.69 Å². The molecule has 1 fully saturated rings. The highest BCUT2D eigenvalue weighted by molar-refractivity contribution is 6.30. The number of carbonyl (C=O) groups is 1. The van der Waals surface area contributed by atoms with E-state index < -0.39 is 0 Å². The van der Waals surface area contributed by atoms with Crippen LogP contribution in [0, 0.1) is 5.92 Å². The first kappa shape index (κ1) is 16.3. The molecule has 1 amide bonds. The molecule has 0 radical (unpaired) electrons. The Bertz CT molecular complexity index is 459. The van der Waals surface area contributed by atoms with Crippen molar-refractivity contribution >= 4 is 23.2 Å². The average molecular weight is 310 g/mol. The summed E-state index contributed by atoms with van der Waals surface area (Å²) in [5.74, 6) is 0.813. The summed E-state index contributed by atoms with van der Waals surface area (Å²) in [6.07, 6.45) is 4.05. The third kappa shape index (κ3) is 5.65. The van der Waals surface area contributed by atoms with E-state index in [0.717, 1.165) is 44.2 Å². The molecule has 0 bridgehead atoms. The maximum Gasteiger partial charge on any atom is 0.225 e. The fourth-order valence-electron chi connectivity index (χ4n) is 2.78. The van der Waals surface area contributed by atoms with E-state index in [-0.39, 0.29) is 5.91 Å². The van der Waals surface area contributed by atoms with Gasteiger partial charge in [0, 0.05) is 23.7 Å². The number of carbonyl (C=O) groups excluding carboxylic acids is 1. The first-order valence-corrected chi connectivity index (χ1v) is 8.03. The van der Waals surface area contributed by atoms with Gasteiger partial charge in [0.05, 0.1) is 0 Å². The van der Waals surface area contributed by atoms with Crippen LogP contribution in [-0.2, 0) is 4.79 Å². The zero-order valence-electron chi connectivity index (χ0n) is 12.4. The summed E-state index contributed by atoms with van der Waals surface area (Å²) in [4.78, 5) is 14.3. The maximum atomic E-state index is 11.9. The summed E-state index contributed by atoms with van der Waals surface area (Å²) in [7, 11) is 0. The zero-order chi connectivity index (χ0) is 15.1. The number of benzene rings is 1. The number of likely N-dealkylation sites (tertiary alicyclic amines) is 1. The van der Waals surface area contributed by atoms with Crippen LogP contribution < -0.4 is 11.1 Å². The molecule has 1 aliphatic heterocycles. The number of nitrogens with two attached hydrogens (primary N) is 1. The minimum atomic E-state index is 0.0429. The zero-order valence-corrected chi connectivity index (χ0v) is 13.1. The first-order valence-electron chi connectivity index (χ1n) is 7.65. The summed E-state index contributed by atoms with van der Waals surface area (Å²) < 4.78 is 0. The standard InChI is InChI=1S/C16H24ClN3O/c17-14-2-1-3-15(12-14)19-16(21)7-11-20-9-5-13(4-8-18)6-10-20/h1-3,12-13H,4-11,18H2,(H,19,21). The van der Waals surface area contributed by atoms with E-state index in [0.29, 0.717) is 11.4 Å². The van der Waals surface area contributed by atoms with Crippen LogP contribution in [-0.4, -0.2) is 37.0 Å². The fourth-order valence-corrected chi connectivity index (χ4v) is 2.97. The van der Waals surface area contributed by atoms with Gasteiger partial charge in [0.25, 0.3) is 0 Å². The van der Waals surface area contributed by atoms with E-state index in [9.17, 15) is 4.79 Å². The van der Waals surface area contributed by atoms with Crippen LogP contribution in [0.15, 0.2) is 24.3 Å². The molecule has 0 spiro atoms. The van der Waals surface area contributed by atoms with E-state index in [2.05, 4.69) is 10.2 Å². The van der Waals surface area contributed by atoms with Crippen molar-refractivity contribution in [3.8, 4) is 0 Å². The molecule has 3 N–H and O–H groups in total. The number of hydrogen-bond acceptors (Lipinski definition) is 3. The number of nitrogens with zero attached hydrogens (tertiary/aromatic N) is 1. The molecular weight excluding hydrogens is 286 g/mol. The molecule has 0 atom stereocenters. The van der Waals surface area contributed by atoms with Gasteiger partial charge in [-0.2, -0.15) is 0 Å². The highest BCUT2D eigenvalue weighted by atomic mass is 35.5. The van der Waals surface area contributed by atoms with Crippen LogP contribution in [0.2, 0.25) is 5.02 Å². The summed E-state index contributed by atoms with van der Waals surface area (Å²) in [5.41, 5.74) is 6.36. The van der Waals surface area contributed by atoms with Gasteiger partial charge in [0.2, 0.25) is 5.91 Å². The number of halogens is 1. The van der Waals surface area contributed by atoms with Gasteiger partial charge in [-0.1, -0.05) is 17.7 Å². The van der Waals surface area contributed by atoms with Crippen molar-refractivity contribution in [3.63, 3.8) is 0 Å². The van der Waals surface area contributed by atoms with Crippen LogP contribution in [0.3, 0.4) is 0 Å². The average Bonchev–Trinajstić information content (AvgIpc) is 2.47. The molecule has 1 aromatic rings. The molecule has 0 unspecified atom stereocenters. The number of piperidine rings is 1. The molecule has 116 valence electrons. The molecule has 21 heavy (non-hydrogen) atoms. The van der Waals surface area contributed by atoms with Crippen LogP contribution in [0.1, 0.15) is 25.7 Å². The second-order valence-corrected chi connectivity index (χ2v) is 6.11. The number of hydrogen-bond donors (Lipinski definition) is 2. The maximum absolute atomic E-state index is 11.9. The van der Waals surface area contributed by atoms with Crippen molar-refractivity contribution in [2.24, 2.45) is 11.7 Å². The summed E-state index contributed by atoms with van der Waals surface area (Å²) in [5, 5.41) is 3.52. The van der Waals surface area contributed by atoms with Gasteiger partial charge >= 0.3 is 0 Å². The van der Waals surface area contributed by atoms with Gasteiger partial charge in [0.1, 0.15) is 0 Å². The monoisotopic (exact) mass is 309 g/mol. The SMILES string of the molecule is NCCC1CCN(CCC(=O)Nc2cccc(Cl)c2)CC1. The Labute approximate surface area is 131 Å². The third-order valence-electron chi connectivity index (χ3n) is 4.05. The van der Waals surface area contributed by atoms with Gasteiger partial charge in [-0.15, -0.1) is 0 Å². The third-order valence-corrected chi connectivity index (χ3v) is 4.28. The Balaban J connectivity index is 1.68. The molecule has 0 aliphatic carbocycles. The summed E-state index contributed by atoms with van der Waals surface area (Å²) >= 11 is 5.90. The molecule has 5 heteroatoms. The first-order chi connectivity index (χ1) is 10.2. The lowest BCUT2D eigenvalue weighted by atomic mass is 9.93. The Morgan fingerprint density at radius 3 is 2.81 bits per heavy atom. The lowest BCUT2D eigenvalue weighted by Gasteiger charge is -2.31. The summed E-state index contributed by atoms with van der Waals surface area (Å²) in [6, 6.07) is 7.24. The predicted molar refractivity (Wildman–Crippen MR) is 87.5 cm³/mol. The van der Waals surface area contributed by atoms with E-state index in [4.69, 9.17) is 17.3 Å². The molecule has 1 aromatic carbocycles. The van der Waals surface area contributed by atoms with Crippen LogP contribution in [0.25, 0.3) is 0 Å². The van der Waals surface area contributed by atoms with Gasteiger partial charge in [0.15, 0.2) is 0 Å². The Hall–Kier alpha value is -1.10. The van der Waals surface area contributed by atoms with Crippen molar-refractivity contribution in [2.75, 3.05) is 31.5 Å². The number of amides is 1. The lowest BCUT2D eigenvalue weighted by molar-refractivity contribution is -0.116. The molecular formula is C16H24ClN3O. The van der Waals surface area contributed by atoms with Gasteiger partial charge in [-0.05, 0) is 63.0 Å². The molecule has 0 aromatic heterocycles. The van der Waals surface area contributed by atoms with Crippen LogP contribution >= 0.6 is 11.6 Å². The largest absolute Gasteiger partial charge is 0.330 e. The smallest absolute Gasteiger partial charge is 0.225 e. The number of nitrogens with one attached hydrogen (secondary N) is 1. The van der Waals surface area contributed by atoms with Crippen molar-refractivity contribution in [3.05, 3.63) is 29.3 Å². The number of anilines is 1. The molecule has 0 saturated carbocycles. The van der Waals surface area contributed by atoms with Gasteiger partial charge in [-0.3, -0.25) is 4.79 Å². The van der Waals surface area contributed by atoms with E-state index in [1.165, 1.54) is 12.8 Å². The minimum Gasteiger partial charge on any atom is -0.330 e. The quantitative estimate of drug-likeness (QED) is 0.849. The van der Waals surface area contributed by atoms with Crippen LogP contribution in [0.5, 0.6) is 0 Å². The molecule has 1 saturated heterocycles. The molecule has 1 heterocycles. The second-order valence-electron chi connectivity index (χ2n) is 5.67. The number of rotatable bonds is 6. The Morgan fingerprint density at radius 1 is 1.38 bits per heavy atom. The summed E-state index contributed by atoms with van der Waals surface area (Å²) in [6.45, 7) is 3.76. The van der Waals surface area contributed by atoms with E-state index in [1.807, 2.05) is 12.1 Å². The second kappa shape index (κ2) is 8.37. The van der Waals surface area contributed by atoms with Crippen molar-refractivity contribution in [1.82, 2.24) is 4.90 Å². The highest BCUT2D eigenvalue weighted by Gasteiger charge is 2.18. The molecule has 4 nitrogen and oxygen atoms in total. The normalized spacial score (nSPS) is 16.9. The van der Waals surface area contributed by atoms with Crippen molar-refractivity contribution < 1.29 is 4.79 Å². The van der Waals surface area contributed by atoms with Crippen molar-refractivity contribution in [2.45, 2.75) is 25.7 Å². The fraction of sp³-hybridized carbons (Fsp3) is 0.562. The molecule has 2 rings (SSSR count). The van der Waals surface area contributed by atoms with E-state index >= 15 is 0 Å². The van der Waals surface area contributed by atoms with Gasteiger partial charge in [-0.25, -0.2) is 0 Å². The highest BCUT2D eigenvalue weighted by Crippen LogP contribution is 2.20. The molecule has 1 aliphatic rings.